The second-order valence-electron chi connectivity index (χ2n) is 1.87. The van der Waals surface area contributed by atoms with E-state index < -0.39 is 0 Å². The lowest BCUT2D eigenvalue weighted by molar-refractivity contribution is 0.640. The first-order valence-electron chi connectivity index (χ1n) is 2.84. The van der Waals surface area contributed by atoms with Gasteiger partial charge in [-0.15, -0.1) is 6.58 Å². The van der Waals surface area contributed by atoms with Gasteiger partial charge in [0.1, 0.15) is 0 Å². The molecule has 0 aromatic carbocycles. The van der Waals surface area contributed by atoms with Gasteiger partial charge in [-0.25, -0.2) is 0 Å². The quantitative estimate of drug-likeness (QED) is 0.410. The summed E-state index contributed by atoms with van der Waals surface area (Å²) >= 11 is 0. The molecule has 8 heavy (non-hydrogen) atoms. The minimum atomic E-state index is 0.526. The maximum absolute atomic E-state index is 5.19. The molecular weight excluding hydrogens is 96.9 g/mol. The summed E-state index contributed by atoms with van der Waals surface area (Å²) in [6.07, 6.45) is 2.46. The Hall–Kier alpha value is -0.235. The summed E-state index contributed by atoms with van der Waals surface area (Å²) in [5, 5.41) is 3.01. The van der Waals surface area contributed by atoms with E-state index in [1.165, 1.54) is 0 Å². The van der Waals surface area contributed by atoms with Crippen LogP contribution in [-0.4, -0.2) is 20.8 Å². The van der Waals surface area contributed by atoms with Gasteiger partial charge < -0.3 is 5.32 Å². The van der Waals surface area contributed by atoms with E-state index in [1.54, 1.807) is 0 Å². The van der Waals surface area contributed by atoms with Gasteiger partial charge in [-0.1, -0.05) is 13.0 Å². The third kappa shape index (κ3) is 3.94. The lowest BCUT2D eigenvalue weighted by Crippen LogP contribution is -2.20. The third-order valence-corrected chi connectivity index (χ3v) is 1.01. The van der Waals surface area contributed by atoms with Crippen molar-refractivity contribution >= 4 is 7.85 Å². The van der Waals surface area contributed by atoms with Crippen LogP contribution in [0.25, 0.3) is 0 Å². The molecule has 0 aromatic rings. The Morgan fingerprint density at radius 1 is 1.88 bits per heavy atom. The van der Waals surface area contributed by atoms with Crippen LogP contribution >= 0.6 is 0 Å². The molecule has 2 radical (unpaired) electrons. The number of hydrogen-bond acceptors (Lipinski definition) is 1. The summed E-state index contributed by atoms with van der Waals surface area (Å²) < 4.78 is 0. The molecule has 0 fully saturated rings. The zero-order valence-electron chi connectivity index (χ0n) is 5.35. The maximum Gasteiger partial charge on any atom is 0.0859 e. The largest absolute Gasteiger partial charge is 0.325 e. The molecule has 44 valence electrons. The summed E-state index contributed by atoms with van der Waals surface area (Å²) in [5.74, 6) is 0.526. The van der Waals surface area contributed by atoms with Crippen molar-refractivity contribution in [2.45, 2.75) is 6.92 Å². The van der Waals surface area contributed by atoms with Crippen molar-refractivity contribution in [1.82, 2.24) is 5.32 Å². The number of hydrogen-bond donors (Lipinski definition) is 1. The van der Waals surface area contributed by atoms with Crippen molar-refractivity contribution in [3.05, 3.63) is 12.7 Å². The van der Waals surface area contributed by atoms with Gasteiger partial charge in [0.15, 0.2) is 0 Å². The van der Waals surface area contributed by atoms with Crippen molar-refractivity contribution in [3.8, 4) is 0 Å². The molecule has 0 aromatic heterocycles. The highest BCUT2D eigenvalue weighted by Gasteiger charge is 1.90. The average Bonchev–Trinajstić information content (AvgIpc) is 1.83. The summed E-state index contributed by atoms with van der Waals surface area (Å²) in [6.45, 7) is 6.66. The van der Waals surface area contributed by atoms with E-state index >= 15 is 0 Å². The molecule has 0 saturated carbocycles. The molecule has 0 heterocycles. The zero-order valence-corrected chi connectivity index (χ0v) is 5.35. The van der Waals surface area contributed by atoms with E-state index in [0.29, 0.717) is 12.4 Å². The topological polar surface area (TPSA) is 12.0 Å². The van der Waals surface area contributed by atoms with Crippen LogP contribution in [0.2, 0.25) is 0 Å². The molecule has 1 atom stereocenters. The van der Waals surface area contributed by atoms with Gasteiger partial charge in [0, 0.05) is 6.54 Å². The molecule has 2 heteroatoms. The van der Waals surface area contributed by atoms with Gasteiger partial charge in [-0.05, 0) is 12.4 Å². The van der Waals surface area contributed by atoms with Crippen molar-refractivity contribution in [1.29, 1.82) is 0 Å². The Morgan fingerprint density at radius 2 is 2.50 bits per heavy atom. The van der Waals surface area contributed by atoms with E-state index in [2.05, 4.69) is 18.8 Å². The average molecular weight is 109 g/mol. The molecule has 0 amide bonds. The summed E-state index contributed by atoms with van der Waals surface area (Å²) in [6, 6.07) is 0. The lowest BCUT2D eigenvalue weighted by atomic mass is 10.1. The van der Waals surface area contributed by atoms with Gasteiger partial charge in [0.25, 0.3) is 0 Å². The smallest absolute Gasteiger partial charge is 0.0859 e. The SMILES string of the molecule is [B]CNCC(C)C=C. The highest BCUT2D eigenvalue weighted by molar-refractivity contribution is 6.08. The third-order valence-electron chi connectivity index (χ3n) is 1.01. The summed E-state index contributed by atoms with van der Waals surface area (Å²) in [5.41, 5.74) is 0. The highest BCUT2D eigenvalue weighted by atomic mass is 14.8. The van der Waals surface area contributed by atoms with Crippen LogP contribution in [-0.2, 0) is 0 Å². The Kier molecular flexibility index (Phi) is 4.77. The molecule has 0 aliphatic heterocycles. The van der Waals surface area contributed by atoms with E-state index in [9.17, 15) is 0 Å². The van der Waals surface area contributed by atoms with Gasteiger partial charge >= 0.3 is 0 Å². The molecule has 1 nitrogen and oxygen atoms in total. The maximum atomic E-state index is 5.19. The fourth-order valence-corrected chi connectivity index (χ4v) is 0.394. The molecule has 0 spiro atoms. The van der Waals surface area contributed by atoms with Gasteiger partial charge in [0.2, 0.25) is 0 Å². The van der Waals surface area contributed by atoms with Gasteiger partial charge in [-0.3, -0.25) is 0 Å². The second-order valence-corrected chi connectivity index (χ2v) is 1.87. The highest BCUT2D eigenvalue weighted by Crippen LogP contribution is 1.89. The molecule has 1 N–H and O–H groups in total. The minimum absolute atomic E-state index is 0.526. The first-order valence-corrected chi connectivity index (χ1v) is 2.84. The van der Waals surface area contributed by atoms with Crippen LogP contribution in [0.15, 0.2) is 12.7 Å². The Morgan fingerprint density at radius 3 is 2.88 bits per heavy atom. The van der Waals surface area contributed by atoms with E-state index in [0.717, 1.165) is 6.54 Å². The lowest BCUT2D eigenvalue weighted by Gasteiger charge is -2.03. The first-order chi connectivity index (χ1) is 3.81. The van der Waals surface area contributed by atoms with E-state index in [4.69, 9.17) is 7.85 Å². The molecular formula is C6H12BN. The fraction of sp³-hybridized carbons (Fsp3) is 0.667. The summed E-state index contributed by atoms with van der Waals surface area (Å²) in [7, 11) is 5.19. The predicted molar refractivity (Wildman–Crippen MR) is 38.0 cm³/mol. The summed E-state index contributed by atoms with van der Waals surface area (Å²) in [4.78, 5) is 0. The second kappa shape index (κ2) is 4.91. The van der Waals surface area contributed by atoms with Crippen molar-refractivity contribution in [2.75, 3.05) is 13.0 Å². The Bertz CT molecular complexity index is 63.5. The van der Waals surface area contributed by atoms with Crippen LogP contribution in [0.1, 0.15) is 6.92 Å². The van der Waals surface area contributed by atoms with Crippen LogP contribution < -0.4 is 5.32 Å². The van der Waals surface area contributed by atoms with Gasteiger partial charge in [0.05, 0.1) is 7.85 Å². The molecule has 0 aliphatic rings. The van der Waals surface area contributed by atoms with Crippen LogP contribution in [0.5, 0.6) is 0 Å². The molecule has 1 unspecified atom stereocenters. The van der Waals surface area contributed by atoms with Gasteiger partial charge in [-0.2, -0.15) is 0 Å². The Labute approximate surface area is 52.6 Å². The van der Waals surface area contributed by atoms with Crippen molar-refractivity contribution in [3.63, 3.8) is 0 Å². The fourth-order valence-electron chi connectivity index (χ4n) is 0.394. The first kappa shape index (κ1) is 7.76. The number of nitrogens with one attached hydrogen (secondary N) is 1. The molecule has 0 saturated heterocycles. The molecule has 0 rings (SSSR count). The van der Waals surface area contributed by atoms with Crippen LogP contribution in [0.4, 0.5) is 0 Å². The predicted octanol–water partition coefficient (Wildman–Crippen LogP) is 0.524. The normalized spacial score (nSPS) is 13.1. The van der Waals surface area contributed by atoms with Crippen LogP contribution in [0.3, 0.4) is 0 Å². The van der Waals surface area contributed by atoms with E-state index in [1.807, 2.05) is 6.08 Å². The van der Waals surface area contributed by atoms with Crippen molar-refractivity contribution in [2.24, 2.45) is 5.92 Å². The van der Waals surface area contributed by atoms with Crippen LogP contribution in [0, 0.1) is 5.92 Å². The standard InChI is InChI=1S/C6H12BN/c1-3-6(2)4-8-5-7/h3,6,8H,1,4-5H2,2H3. The molecule has 0 bridgehead atoms. The monoisotopic (exact) mass is 109 g/mol. The number of rotatable bonds is 4. The minimum Gasteiger partial charge on any atom is -0.325 e. The zero-order chi connectivity index (χ0) is 6.41. The Balaban J connectivity index is 2.98. The molecule has 0 aliphatic carbocycles. The van der Waals surface area contributed by atoms with E-state index in [-0.39, 0.29) is 0 Å². The van der Waals surface area contributed by atoms with Crippen molar-refractivity contribution < 1.29 is 0 Å².